The van der Waals surface area contributed by atoms with Gasteiger partial charge in [0, 0.05) is 36.6 Å². The molecule has 1 fully saturated rings. The molecular weight excluding hydrogens is 312 g/mol. The minimum atomic E-state index is -0.105. The summed E-state index contributed by atoms with van der Waals surface area (Å²) in [5.41, 5.74) is 3.07. The molecule has 5 nitrogen and oxygen atoms in total. The Kier molecular flexibility index (Phi) is 5.53. The van der Waals surface area contributed by atoms with E-state index in [1.54, 1.807) is 19.3 Å². The Labute approximate surface area is 148 Å². The van der Waals surface area contributed by atoms with Crippen LogP contribution in [-0.2, 0) is 6.42 Å². The van der Waals surface area contributed by atoms with Gasteiger partial charge >= 0.3 is 0 Å². The lowest BCUT2D eigenvalue weighted by atomic mass is 10.1. The third kappa shape index (κ3) is 4.72. The Morgan fingerprint density at radius 2 is 1.96 bits per heavy atom. The normalized spacial score (nSPS) is 14.4. The van der Waals surface area contributed by atoms with Crippen LogP contribution in [0, 0.1) is 11.3 Å². The van der Waals surface area contributed by atoms with E-state index in [2.05, 4.69) is 15.3 Å². The molecule has 0 spiro atoms. The average Bonchev–Trinajstić information content (AvgIpc) is 3.13. The van der Waals surface area contributed by atoms with E-state index >= 15 is 0 Å². The van der Waals surface area contributed by atoms with Crippen molar-refractivity contribution in [3.8, 4) is 11.4 Å². The number of amides is 1. The molecule has 0 aliphatic heterocycles. The van der Waals surface area contributed by atoms with E-state index in [1.165, 1.54) is 25.7 Å². The second-order valence-corrected chi connectivity index (χ2v) is 6.81. The van der Waals surface area contributed by atoms with Crippen LogP contribution in [0.4, 0.5) is 0 Å². The number of aromatic nitrogens is 2. The topological polar surface area (TPSA) is 78.7 Å². The van der Waals surface area contributed by atoms with Gasteiger partial charge in [-0.3, -0.25) is 4.79 Å². The minimum absolute atomic E-state index is 0.105. The van der Waals surface area contributed by atoms with Gasteiger partial charge < -0.3 is 10.7 Å². The van der Waals surface area contributed by atoms with Crippen LogP contribution in [0.1, 0.15) is 48.5 Å². The summed E-state index contributed by atoms with van der Waals surface area (Å²) in [7, 11) is 0. The highest BCUT2D eigenvalue weighted by Crippen LogP contribution is 2.23. The molecule has 25 heavy (non-hydrogen) atoms. The fourth-order valence-corrected chi connectivity index (χ4v) is 3.27. The number of hydrogen-bond donors (Lipinski definition) is 2. The van der Waals surface area contributed by atoms with Crippen molar-refractivity contribution in [1.29, 1.82) is 5.41 Å². The summed E-state index contributed by atoms with van der Waals surface area (Å²) in [5, 5.41) is 10.6. The van der Waals surface area contributed by atoms with E-state index in [0.717, 1.165) is 17.7 Å². The zero-order chi connectivity index (χ0) is 17.6. The Bertz CT molecular complexity index is 749. The highest BCUT2D eigenvalue weighted by Gasteiger charge is 2.16. The van der Waals surface area contributed by atoms with Crippen LogP contribution >= 0.6 is 0 Å². The quantitative estimate of drug-likeness (QED) is 0.790. The van der Waals surface area contributed by atoms with Crippen molar-refractivity contribution in [2.24, 2.45) is 5.92 Å². The number of hydrogen-bond acceptors (Lipinski definition) is 4. The van der Waals surface area contributed by atoms with Crippen LogP contribution in [0.3, 0.4) is 0 Å². The summed E-state index contributed by atoms with van der Waals surface area (Å²) in [6.07, 6.45) is 8.75. The molecule has 1 aromatic carbocycles. The number of benzene rings is 1. The van der Waals surface area contributed by atoms with Gasteiger partial charge in [0.05, 0.1) is 5.56 Å². The monoisotopic (exact) mass is 336 g/mol. The molecule has 0 saturated heterocycles. The molecule has 2 N–H and O–H groups in total. The summed E-state index contributed by atoms with van der Waals surface area (Å²) in [6.45, 7) is 2.54. The van der Waals surface area contributed by atoms with Crippen molar-refractivity contribution in [2.45, 2.75) is 39.0 Å². The number of rotatable bonds is 6. The standard InChI is InChI=1S/C20H24N4O/c1-14(21)9-16-7-4-8-17(10-16)19-22-12-18(13-23-19)20(25)24-11-15-5-2-3-6-15/h4,7-8,10,12-13,15,21H,2-3,5-6,9,11H2,1H3,(H,24,25). The zero-order valence-corrected chi connectivity index (χ0v) is 14.6. The van der Waals surface area contributed by atoms with E-state index < -0.39 is 0 Å². The van der Waals surface area contributed by atoms with Gasteiger partial charge in [-0.1, -0.05) is 31.0 Å². The van der Waals surface area contributed by atoms with E-state index in [1.807, 2.05) is 24.3 Å². The molecule has 130 valence electrons. The zero-order valence-electron chi connectivity index (χ0n) is 14.6. The molecule has 1 saturated carbocycles. The van der Waals surface area contributed by atoms with Crippen LogP contribution in [0.2, 0.25) is 0 Å². The van der Waals surface area contributed by atoms with Crippen molar-refractivity contribution in [3.63, 3.8) is 0 Å². The predicted molar refractivity (Wildman–Crippen MR) is 98.9 cm³/mol. The van der Waals surface area contributed by atoms with Gasteiger partial charge in [0.25, 0.3) is 5.91 Å². The molecule has 1 aromatic heterocycles. The van der Waals surface area contributed by atoms with E-state index in [4.69, 9.17) is 5.41 Å². The van der Waals surface area contributed by atoms with Crippen molar-refractivity contribution < 1.29 is 4.79 Å². The number of nitrogens with one attached hydrogen (secondary N) is 2. The van der Waals surface area contributed by atoms with Gasteiger partial charge in [0.15, 0.2) is 5.82 Å². The van der Waals surface area contributed by atoms with Crippen molar-refractivity contribution in [1.82, 2.24) is 15.3 Å². The molecule has 1 aliphatic rings. The summed E-state index contributed by atoms with van der Waals surface area (Å²) in [4.78, 5) is 20.9. The number of carbonyl (C=O) groups excluding carboxylic acids is 1. The van der Waals surface area contributed by atoms with Crippen LogP contribution in [-0.4, -0.2) is 28.1 Å². The highest BCUT2D eigenvalue weighted by molar-refractivity contribution is 5.93. The molecule has 1 amide bonds. The van der Waals surface area contributed by atoms with Crippen LogP contribution < -0.4 is 5.32 Å². The number of carbonyl (C=O) groups is 1. The average molecular weight is 336 g/mol. The molecule has 3 rings (SSSR count). The molecule has 5 heteroatoms. The maximum Gasteiger partial charge on any atom is 0.254 e. The third-order valence-corrected chi connectivity index (χ3v) is 4.59. The van der Waals surface area contributed by atoms with Crippen molar-refractivity contribution in [3.05, 3.63) is 47.8 Å². The Balaban J connectivity index is 1.65. The molecule has 0 radical (unpaired) electrons. The van der Waals surface area contributed by atoms with Gasteiger partial charge in [-0.15, -0.1) is 0 Å². The molecule has 2 aromatic rings. The van der Waals surface area contributed by atoms with Crippen LogP contribution in [0.5, 0.6) is 0 Å². The highest BCUT2D eigenvalue weighted by atomic mass is 16.1. The minimum Gasteiger partial charge on any atom is -0.352 e. The van der Waals surface area contributed by atoms with Gasteiger partial charge in [-0.25, -0.2) is 9.97 Å². The second kappa shape index (κ2) is 8.01. The first-order valence-electron chi connectivity index (χ1n) is 8.85. The molecule has 1 aliphatic carbocycles. The molecule has 1 heterocycles. The van der Waals surface area contributed by atoms with E-state index in [-0.39, 0.29) is 5.91 Å². The molecule has 0 bridgehead atoms. The lowest BCUT2D eigenvalue weighted by Gasteiger charge is -2.10. The summed E-state index contributed by atoms with van der Waals surface area (Å²) < 4.78 is 0. The molecular formula is C20H24N4O. The third-order valence-electron chi connectivity index (χ3n) is 4.59. The SMILES string of the molecule is CC(=N)Cc1cccc(-c2ncc(C(=O)NCC3CCCC3)cn2)c1. The fraction of sp³-hybridized carbons (Fsp3) is 0.400. The van der Waals surface area contributed by atoms with Gasteiger partial charge in [-0.05, 0) is 37.3 Å². The largest absolute Gasteiger partial charge is 0.352 e. The van der Waals surface area contributed by atoms with Gasteiger partial charge in [0.1, 0.15) is 0 Å². The Morgan fingerprint density at radius 3 is 2.64 bits per heavy atom. The van der Waals surface area contributed by atoms with Gasteiger partial charge in [-0.2, -0.15) is 0 Å². The first-order valence-corrected chi connectivity index (χ1v) is 8.85. The smallest absolute Gasteiger partial charge is 0.254 e. The Hall–Kier alpha value is -2.56. The first kappa shape index (κ1) is 17.3. The fourth-order valence-electron chi connectivity index (χ4n) is 3.27. The van der Waals surface area contributed by atoms with Crippen LogP contribution in [0.25, 0.3) is 11.4 Å². The lowest BCUT2D eigenvalue weighted by Crippen LogP contribution is -2.28. The summed E-state index contributed by atoms with van der Waals surface area (Å²) >= 11 is 0. The van der Waals surface area contributed by atoms with Gasteiger partial charge in [0.2, 0.25) is 0 Å². The summed E-state index contributed by atoms with van der Waals surface area (Å²) in [6, 6.07) is 7.87. The first-order chi connectivity index (χ1) is 12.1. The molecule has 0 unspecified atom stereocenters. The summed E-state index contributed by atoms with van der Waals surface area (Å²) in [5.74, 6) is 1.10. The molecule has 0 atom stereocenters. The maximum absolute atomic E-state index is 12.2. The van der Waals surface area contributed by atoms with E-state index in [0.29, 0.717) is 29.4 Å². The maximum atomic E-state index is 12.2. The van der Waals surface area contributed by atoms with Crippen molar-refractivity contribution >= 4 is 11.6 Å². The second-order valence-electron chi connectivity index (χ2n) is 6.81. The predicted octanol–water partition coefficient (Wildman–Crippen LogP) is 3.65. The van der Waals surface area contributed by atoms with Crippen LogP contribution in [0.15, 0.2) is 36.7 Å². The Morgan fingerprint density at radius 1 is 1.24 bits per heavy atom. The van der Waals surface area contributed by atoms with Crippen molar-refractivity contribution in [2.75, 3.05) is 6.54 Å². The van der Waals surface area contributed by atoms with E-state index in [9.17, 15) is 4.79 Å². The number of nitrogens with zero attached hydrogens (tertiary/aromatic N) is 2. The lowest BCUT2D eigenvalue weighted by molar-refractivity contribution is 0.0946.